The number of nitrogens with zero attached hydrogens (tertiary/aromatic N) is 1. The predicted molar refractivity (Wildman–Crippen MR) is 87.2 cm³/mol. The average molecular weight is 311 g/mol. The number of hydrogen-bond acceptors (Lipinski definition) is 3. The van der Waals surface area contributed by atoms with E-state index in [0.29, 0.717) is 18.3 Å². The lowest BCUT2D eigenvalue weighted by Gasteiger charge is -2.51. The van der Waals surface area contributed by atoms with E-state index >= 15 is 0 Å². The van der Waals surface area contributed by atoms with E-state index in [1.165, 1.54) is 11.1 Å². The van der Waals surface area contributed by atoms with E-state index in [-0.39, 0.29) is 23.2 Å². The predicted octanol–water partition coefficient (Wildman–Crippen LogP) is 3.69. The summed E-state index contributed by atoms with van der Waals surface area (Å²) in [6.07, 6.45) is 8.82. The quantitative estimate of drug-likeness (QED) is 0.803. The first-order valence-corrected chi connectivity index (χ1v) is 9.14. The van der Waals surface area contributed by atoms with Crippen molar-refractivity contribution in [3.8, 4) is 6.07 Å². The maximum Gasteiger partial charge on any atom is 0.156 e. The molecule has 2 saturated carbocycles. The zero-order valence-corrected chi connectivity index (χ0v) is 13.8. The zero-order chi connectivity index (χ0) is 16.2. The summed E-state index contributed by atoms with van der Waals surface area (Å²) in [7, 11) is 0. The van der Waals surface area contributed by atoms with Gasteiger partial charge < -0.3 is 5.11 Å². The first kappa shape index (κ1) is 15.1. The fourth-order valence-electron chi connectivity index (χ4n) is 6.18. The van der Waals surface area contributed by atoms with Crippen molar-refractivity contribution in [1.82, 2.24) is 0 Å². The van der Waals surface area contributed by atoms with Gasteiger partial charge in [0.1, 0.15) is 0 Å². The molecule has 0 aromatic heterocycles. The highest BCUT2D eigenvalue weighted by Gasteiger charge is 2.57. The van der Waals surface area contributed by atoms with Gasteiger partial charge in [0.05, 0.1) is 18.1 Å². The van der Waals surface area contributed by atoms with Crippen molar-refractivity contribution in [3.05, 3.63) is 22.8 Å². The second-order valence-electron chi connectivity index (χ2n) is 7.89. The number of allylic oxidation sites excluding steroid dienone is 4. The number of fused-ring (bicyclic) bond motifs is 4. The maximum atomic E-state index is 11.8. The van der Waals surface area contributed by atoms with E-state index < -0.39 is 0 Å². The van der Waals surface area contributed by atoms with Gasteiger partial charge in [0.2, 0.25) is 0 Å². The fourth-order valence-corrected chi connectivity index (χ4v) is 6.18. The van der Waals surface area contributed by atoms with Gasteiger partial charge in [0.25, 0.3) is 0 Å². The summed E-state index contributed by atoms with van der Waals surface area (Å²) in [5.74, 6) is 0.954. The Kier molecular flexibility index (Phi) is 3.50. The fraction of sp³-hybridized carbons (Fsp3) is 0.700. The number of carbonyl (C=O) groups is 1. The van der Waals surface area contributed by atoms with Crippen molar-refractivity contribution in [3.63, 3.8) is 0 Å². The summed E-state index contributed by atoms with van der Waals surface area (Å²) in [5.41, 5.74) is 4.02. The normalized spacial score (nSPS) is 42.5. The van der Waals surface area contributed by atoms with Crippen molar-refractivity contribution in [2.45, 2.75) is 64.4 Å². The minimum atomic E-state index is -0.201. The molecule has 23 heavy (non-hydrogen) atoms. The standard InChI is InChI=1S/C20H25NO2/c1-2-20-8-7-16-15-4-3-14(22)10-12(15)9-13(11-21)19(16)17(20)5-6-18(20)23/h10,13,17-19,23H,2-9H2,1H3/t13?,17-,18-,19+,20-/m0/s1. The molecule has 0 aromatic rings. The molecule has 3 heteroatoms. The van der Waals surface area contributed by atoms with Crippen LogP contribution in [0.1, 0.15) is 58.3 Å². The van der Waals surface area contributed by atoms with Crippen LogP contribution in [0.2, 0.25) is 0 Å². The Bertz CT molecular complexity index is 653. The molecule has 0 amide bonds. The van der Waals surface area contributed by atoms with E-state index in [2.05, 4.69) is 13.0 Å². The van der Waals surface area contributed by atoms with Gasteiger partial charge in [-0.15, -0.1) is 0 Å². The third kappa shape index (κ3) is 2.01. The molecular weight excluding hydrogens is 286 g/mol. The Morgan fingerprint density at radius 2 is 2.17 bits per heavy atom. The van der Waals surface area contributed by atoms with Gasteiger partial charge >= 0.3 is 0 Å². The molecule has 2 fully saturated rings. The highest BCUT2D eigenvalue weighted by atomic mass is 16.3. The summed E-state index contributed by atoms with van der Waals surface area (Å²) in [5, 5.41) is 20.4. The number of ketones is 1. The number of hydrogen-bond donors (Lipinski definition) is 1. The van der Waals surface area contributed by atoms with Crippen molar-refractivity contribution < 1.29 is 9.90 Å². The summed E-state index contributed by atoms with van der Waals surface area (Å²) in [4.78, 5) is 11.8. The third-order valence-electron chi connectivity index (χ3n) is 7.28. The van der Waals surface area contributed by atoms with Gasteiger partial charge in [-0.3, -0.25) is 4.79 Å². The van der Waals surface area contributed by atoms with Crippen molar-refractivity contribution in [1.29, 1.82) is 5.26 Å². The Labute approximate surface area is 138 Å². The van der Waals surface area contributed by atoms with E-state index in [1.54, 1.807) is 6.08 Å². The van der Waals surface area contributed by atoms with Gasteiger partial charge in [-0.25, -0.2) is 0 Å². The lowest BCUT2D eigenvalue weighted by molar-refractivity contribution is -0.114. The third-order valence-corrected chi connectivity index (χ3v) is 7.28. The molecule has 0 saturated heterocycles. The second kappa shape index (κ2) is 5.31. The van der Waals surface area contributed by atoms with Crippen LogP contribution >= 0.6 is 0 Å². The molecule has 5 atom stereocenters. The molecule has 122 valence electrons. The van der Waals surface area contributed by atoms with Crippen LogP contribution in [-0.2, 0) is 4.79 Å². The summed E-state index contributed by atoms with van der Waals surface area (Å²) < 4.78 is 0. The SMILES string of the molecule is CC[C@]12CCC3=C4CCC(=O)C=C4CC(C#N)[C@H]3[C@@H]1CC[C@@H]2O. The Morgan fingerprint density at radius 1 is 1.35 bits per heavy atom. The van der Waals surface area contributed by atoms with Gasteiger partial charge in [0, 0.05) is 6.42 Å². The number of rotatable bonds is 1. The molecule has 0 heterocycles. The van der Waals surface area contributed by atoms with Crippen molar-refractivity contribution in [2.24, 2.45) is 23.2 Å². The van der Waals surface area contributed by atoms with Crippen LogP contribution < -0.4 is 0 Å². The molecule has 4 aliphatic rings. The minimum absolute atomic E-state index is 0.0209. The summed E-state index contributed by atoms with van der Waals surface area (Å²) in [6, 6.07) is 2.55. The molecule has 0 bridgehead atoms. The van der Waals surface area contributed by atoms with Crippen LogP contribution in [0.5, 0.6) is 0 Å². The molecule has 0 aliphatic heterocycles. The zero-order valence-electron chi connectivity index (χ0n) is 13.8. The first-order chi connectivity index (χ1) is 11.1. The largest absolute Gasteiger partial charge is 0.393 e. The van der Waals surface area contributed by atoms with E-state index in [1.807, 2.05) is 0 Å². The molecule has 4 rings (SSSR count). The first-order valence-electron chi connectivity index (χ1n) is 9.14. The van der Waals surface area contributed by atoms with E-state index in [0.717, 1.165) is 50.5 Å². The van der Waals surface area contributed by atoms with Crippen LogP contribution in [0, 0.1) is 34.5 Å². The number of carbonyl (C=O) groups excluding carboxylic acids is 1. The molecule has 1 N–H and O–H groups in total. The van der Waals surface area contributed by atoms with Gasteiger partial charge in [-0.2, -0.15) is 5.26 Å². The van der Waals surface area contributed by atoms with Crippen LogP contribution in [0.15, 0.2) is 22.8 Å². The number of aliphatic hydroxyl groups is 1. The molecule has 4 aliphatic carbocycles. The molecule has 0 spiro atoms. The van der Waals surface area contributed by atoms with Crippen LogP contribution in [0.25, 0.3) is 0 Å². The Balaban J connectivity index is 1.82. The van der Waals surface area contributed by atoms with Crippen LogP contribution in [0.4, 0.5) is 0 Å². The topological polar surface area (TPSA) is 61.1 Å². The van der Waals surface area contributed by atoms with Gasteiger partial charge in [-0.05, 0) is 79.4 Å². The average Bonchev–Trinajstić information content (AvgIpc) is 2.90. The number of nitriles is 1. The highest BCUT2D eigenvalue weighted by Crippen LogP contribution is 2.62. The molecule has 1 unspecified atom stereocenters. The molecular formula is C20H25NO2. The lowest BCUT2D eigenvalue weighted by Crippen LogP contribution is -2.46. The second-order valence-corrected chi connectivity index (χ2v) is 7.89. The van der Waals surface area contributed by atoms with Crippen molar-refractivity contribution in [2.75, 3.05) is 0 Å². The number of aliphatic hydroxyl groups excluding tert-OH is 1. The van der Waals surface area contributed by atoms with Crippen LogP contribution in [-0.4, -0.2) is 17.0 Å². The monoisotopic (exact) mass is 311 g/mol. The lowest BCUT2D eigenvalue weighted by atomic mass is 9.53. The highest BCUT2D eigenvalue weighted by molar-refractivity contribution is 5.93. The molecule has 3 nitrogen and oxygen atoms in total. The van der Waals surface area contributed by atoms with E-state index in [9.17, 15) is 15.2 Å². The molecule has 0 radical (unpaired) electrons. The summed E-state index contributed by atoms with van der Waals surface area (Å²) >= 11 is 0. The Morgan fingerprint density at radius 3 is 2.91 bits per heavy atom. The molecule has 0 aromatic carbocycles. The smallest absolute Gasteiger partial charge is 0.156 e. The van der Waals surface area contributed by atoms with Gasteiger partial charge in [-0.1, -0.05) is 12.5 Å². The van der Waals surface area contributed by atoms with E-state index in [4.69, 9.17) is 0 Å². The summed E-state index contributed by atoms with van der Waals surface area (Å²) in [6.45, 7) is 2.20. The minimum Gasteiger partial charge on any atom is -0.393 e. The van der Waals surface area contributed by atoms with Crippen LogP contribution in [0.3, 0.4) is 0 Å². The van der Waals surface area contributed by atoms with Gasteiger partial charge in [0.15, 0.2) is 5.78 Å². The van der Waals surface area contributed by atoms with Crippen molar-refractivity contribution >= 4 is 5.78 Å². The maximum absolute atomic E-state index is 11.8. The Hall–Kier alpha value is -1.40.